The molecule has 38 heavy (non-hydrogen) atoms. The van der Waals surface area contributed by atoms with Gasteiger partial charge < -0.3 is 26.2 Å². The molecule has 2 saturated carbocycles. The number of primary amides is 1. The lowest BCUT2D eigenvalue weighted by Gasteiger charge is -2.48. The van der Waals surface area contributed by atoms with Gasteiger partial charge in [-0.15, -0.1) is 0 Å². The summed E-state index contributed by atoms with van der Waals surface area (Å²) in [6.45, 7) is 0. The summed E-state index contributed by atoms with van der Waals surface area (Å²) in [4.78, 5) is 55.5. The molecular weight excluding hydrogens is 496 g/mol. The van der Waals surface area contributed by atoms with Crippen LogP contribution >= 0.6 is 0 Å². The van der Waals surface area contributed by atoms with E-state index in [-0.39, 0.29) is 36.1 Å². The molecule has 3 aliphatic carbocycles. The van der Waals surface area contributed by atoms with Crippen molar-refractivity contribution in [2.45, 2.75) is 31.0 Å². The highest BCUT2D eigenvalue weighted by atomic mass is 16.6. The van der Waals surface area contributed by atoms with Crippen LogP contribution in [0.15, 0.2) is 42.0 Å². The van der Waals surface area contributed by atoms with Gasteiger partial charge in [0.25, 0.3) is 5.91 Å². The largest absolute Gasteiger partial charge is 0.507 e. The normalized spacial score (nSPS) is 28.3. The van der Waals surface area contributed by atoms with E-state index in [9.17, 15) is 39.6 Å². The summed E-state index contributed by atoms with van der Waals surface area (Å²) in [7, 11) is 1.31. The van der Waals surface area contributed by atoms with E-state index >= 15 is 0 Å². The van der Waals surface area contributed by atoms with Crippen molar-refractivity contribution < 1.29 is 44.4 Å². The molecule has 0 aromatic heterocycles. The monoisotopic (exact) mass is 522 g/mol. The predicted molar refractivity (Wildman–Crippen MR) is 131 cm³/mol. The second kappa shape index (κ2) is 9.05. The first kappa shape index (κ1) is 25.6. The quantitative estimate of drug-likeness (QED) is 0.245. The van der Waals surface area contributed by atoms with Gasteiger partial charge in [0.15, 0.2) is 11.4 Å². The topological polar surface area (TPSA) is 196 Å². The molecule has 2 aromatic rings. The molecule has 11 nitrogen and oxygen atoms in total. The Morgan fingerprint density at radius 3 is 2.55 bits per heavy atom. The van der Waals surface area contributed by atoms with E-state index in [0.717, 1.165) is 0 Å². The highest BCUT2D eigenvalue weighted by Gasteiger charge is 2.63. The lowest BCUT2D eigenvalue weighted by molar-refractivity contribution is -0.174. The number of aliphatic hydroxyl groups is 3. The van der Waals surface area contributed by atoms with Crippen molar-refractivity contribution in [2.75, 3.05) is 7.11 Å². The number of hydrogen-bond donors (Lipinski definition) is 6. The number of hydrogen-bond acceptors (Lipinski definition) is 9. The van der Waals surface area contributed by atoms with Gasteiger partial charge in [-0.3, -0.25) is 24.0 Å². The molecule has 0 spiro atoms. The van der Waals surface area contributed by atoms with Gasteiger partial charge >= 0.3 is 0 Å². The van der Waals surface area contributed by atoms with Crippen molar-refractivity contribution in [1.29, 1.82) is 0 Å². The molecule has 0 radical (unpaired) electrons. The van der Waals surface area contributed by atoms with E-state index < -0.39 is 58.6 Å². The SMILES string of the molecule is CONC(=O)c1cccc(-c2ccc(O)c3c2C[C@H]2C[C@H]4CC(O)C(C(N)=O)C(=O)[C@@]4(O)C(=O)C2=C3O)c1. The minimum atomic E-state index is -2.63. The number of phenols is 1. The van der Waals surface area contributed by atoms with Crippen LogP contribution in [-0.2, 0) is 25.6 Å². The van der Waals surface area contributed by atoms with E-state index in [1.54, 1.807) is 30.3 Å². The fourth-order valence-electron chi connectivity index (χ4n) is 6.18. The molecule has 0 aliphatic heterocycles. The number of carbonyl (C=O) groups excluding carboxylic acids is 4. The predicted octanol–water partition coefficient (Wildman–Crippen LogP) is 0.547. The molecule has 198 valence electrons. The third-order valence-corrected chi connectivity index (χ3v) is 7.90. The van der Waals surface area contributed by atoms with Gasteiger partial charge in [0, 0.05) is 17.1 Å². The fourth-order valence-corrected chi connectivity index (χ4v) is 6.18. The molecule has 5 rings (SSSR count). The molecular formula is C27H26N2O9. The Hall–Kier alpha value is -4.06. The standard InChI is InChI=1S/C27H26N2O9/c1-38-29-26(36)12-4-2-3-11(7-12)15-5-6-17(30)20-16(15)9-13-8-14-10-18(31)21(25(28)35)24(34)27(14,37)23(33)19(13)22(20)32/h2-7,13-14,18,21,30-32,37H,8-10H2,1H3,(H2,28,35)(H,29,36)/t13-,14+,18?,21?,27+/m1/s1. The maximum atomic E-state index is 13.6. The summed E-state index contributed by atoms with van der Waals surface area (Å²) in [5.74, 6) is -8.17. The van der Waals surface area contributed by atoms with Crippen molar-refractivity contribution >= 4 is 29.1 Å². The van der Waals surface area contributed by atoms with Crippen LogP contribution in [0.5, 0.6) is 5.75 Å². The molecule has 2 fully saturated rings. The number of carbonyl (C=O) groups is 4. The highest BCUT2D eigenvalue weighted by Crippen LogP contribution is 2.52. The summed E-state index contributed by atoms with van der Waals surface area (Å²) in [6, 6.07) is 9.58. The molecule has 2 amide bonds. The van der Waals surface area contributed by atoms with Crippen molar-refractivity contribution in [2.24, 2.45) is 23.5 Å². The molecule has 0 saturated heterocycles. The molecule has 11 heteroatoms. The second-order valence-electron chi connectivity index (χ2n) is 9.94. The molecule has 2 unspecified atom stereocenters. The number of hydroxylamine groups is 1. The van der Waals surface area contributed by atoms with E-state index in [1.165, 1.54) is 13.2 Å². The summed E-state index contributed by atoms with van der Waals surface area (Å²) >= 11 is 0. The third kappa shape index (κ3) is 3.62. The summed E-state index contributed by atoms with van der Waals surface area (Å²) in [5.41, 5.74) is 6.65. The van der Waals surface area contributed by atoms with Crippen LogP contribution in [0, 0.1) is 17.8 Å². The number of amides is 2. The number of aliphatic hydroxyl groups excluding tert-OH is 2. The number of benzene rings is 2. The van der Waals surface area contributed by atoms with Crippen LogP contribution in [0.4, 0.5) is 0 Å². The molecule has 0 bridgehead atoms. The van der Waals surface area contributed by atoms with Crippen molar-refractivity contribution in [3.8, 4) is 16.9 Å². The van der Waals surface area contributed by atoms with Gasteiger partial charge in [-0.25, -0.2) is 5.48 Å². The van der Waals surface area contributed by atoms with Crippen LogP contribution in [0.2, 0.25) is 0 Å². The molecule has 7 N–H and O–H groups in total. The Morgan fingerprint density at radius 2 is 1.87 bits per heavy atom. The van der Waals surface area contributed by atoms with Crippen molar-refractivity contribution in [3.05, 3.63) is 58.7 Å². The molecule has 2 aromatic carbocycles. The Kier molecular flexibility index (Phi) is 6.09. The van der Waals surface area contributed by atoms with E-state index in [0.29, 0.717) is 22.3 Å². The zero-order valence-corrected chi connectivity index (χ0v) is 20.3. The van der Waals surface area contributed by atoms with Gasteiger partial charge in [0.2, 0.25) is 11.7 Å². The number of fused-ring (bicyclic) bond motifs is 3. The lowest BCUT2D eigenvalue weighted by atomic mass is 9.56. The average Bonchev–Trinajstić information content (AvgIpc) is 2.86. The minimum Gasteiger partial charge on any atom is -0.507 e. The smallest absolute Gasteiger partial charge is 0.274 e. The maximum Gasteiger partial charge on any atom is 0.274 e. The Labute approximate surface area is 216 Å². The third-order valence-electron chi connectivity index (χ3n) is 7.90. The average molecular weight is 523 g/mol. The number of nitrogens with two attached hydrogens (primary N) is 1. The molecule has 5 atom stereocenters. The first-order chi connectivity index (χ1) is 18.0. The Bertz CT molecular complexity index is 1430. The number of phenolic OH excluding ortho intramolecular Hbond substituents is 1. The summed E-state index contributed by atoms with van der Waals surface area (Å²) in [6.07, 6.45) is -1.44. The van der Waals surface area contributed by atoms with Gasteiger partial charge in [-0.05, 0) is 60.1 Å². The van der Waals surface area contributed by atoms with Crippen LogP contribution in [0.25, 0.3) is 16.9 Å². The molecule has 0 heterocycles. The summed E-state index contributed by atoms with van der Waals surface area (Å²) < 4.78 is 0. The first-order valence-corrected chi connectivity index (χ1v) is 12.0. The number of nitrogens with one attached hydrogen (secondary N) is 1. The van der Waals surface area contributed by atoms with Crippen LogP contribution in [0.3, 0.4) is 0 Å². The molecule has 3 aliphatic rings. The number of rotatable bonds is 4. The van der Waals surface area contributed by atoms with Crippen LogP contribution in [0.1, 0.15) is 34.3 Å². The van der Waals surface area contributed by atoms with Crippen molar-refractivity contribution in [1.82, 2.24) is 5.48 Å². The second-order valence-corrected chi connectivity index (χ2v) is 9.94. The zero-order chi connectivity index (χ0) is 27.5. The zero-order valence-electron chi connectivity index (χ0n) is 20.3. The van der Waals surface area contributed by atoms with Gasteiger partial charge in [-0.1, -0.05) is 18.2 Å². The Balaban J connectivity index is 1.63. The van der Waals surface area contributed by atoms with Gasteiger partial charge in [0.1, 0.15) is 17.4 Å². The first-order valence-electron chi connectivity index (χ1n) is 12.0. The van der Waals surface area contributed by atoms with Crippen LogP contribution < -0.4 is 11.2 Å². The van der Waals surface area contributed by atoms with E-state index in [2.05, 4.69) is 10.3 Å². The maximum absolute atomic E-state index is 13.6. The fraction of sp³-hybridized carbons (Fsp3) is 0.333. The number of Topliss-reactive ketones (excluding diaryl/α,β-unsaturated/α-hetero) is 2. The van der Waals surface area contributed by atoms with Crippen molar-refractivity contribution in [3.63, 3.8) is 0 Å². The van der Waals surface area contributed by atoms with Crippen LogP contribution in [-0.4, -0.2) is 62.6 Å². The number of ketones is 2. The Morgan fingerprint density at radius 1 is 1.13 bits per heavy atom. The van der Waals surface area contributed by atoms with Gasteiger partial charge in [0.05, 0.1) is 18.8 Å². The summed E-state index contributed by atoms with van der Waals surface area (Å²) in [5, 5.41) is 43.7. The minimum absolute atomic E-state index is 0.0226. The lowest BCUT2D eigenvalue weighted by Crippen LogP contribution is -2.66. The highest BCUT2D eigenvalue weighted by molar-refractivity contribution is 6.24. The van der Waals surface area contributed by atoms with E-state index in [1.807, 2.05) is 0 Å². The van der Waals surface area contributed by atoms with Gasteiger partial charge in [-0.2, -0.15) is 0 Å². The van der Waals surface area contributed by atoms with E-state index in [4.69, 9.17) is 5.73 Å². The number of aromatic hydroxyl groups is 1.